The molecule has 0 spiro atoms. The summed E-state index contributed by atoms with van der Waals surface area (Å²) in [4.78, 5) is 16.9. The van der Waals surface area contributed by atoms with Crippen molar-refractivity contribution >= 4 is 16.7 Å². The molecule has 6 heteroatoms. The Morgan fingerprint density at radius 2 is 1.85 bits per heavy atom. The van der Waals surface area contributed by atoms with Crippen molar-refractivity contribution in [2.24, 2.45) is 0 Å². The van der Waals surface area contributed by atoms with Crippen LogP contribution in [-0.4, -0.2) is 24.1 Å². The van der Waals surface area contributed by atoms with Gasteiger partial charge in [0.1, 0.15) is 12.1 Å². The van der Waals surface area contributed by atoms with E-state index in [4.69, 9.17) is 0 Å². The summed E-state index contributed by atoms with van der Waals surface area (Å²) in [5.74, 6) is 0.980. The molecule has 96 valence electrons. The Morgan fingerprint density at radius 1 is 1.00 bits per heavy atom. The second kappa shape index (κ2) is 3.99. The maximum atomic E-state index is 12.7. The van der Waals surface area contributed by atoms with Gasteiger partial charge in [-0.25, -0.2) is 9.55 Å². The first-order valence-electron chi connectivity index (χ1n) is 6.11. The third kappa shape index (κ3) is 1.38. The van der Waals surface area contributed by atoms with Gasteiger partial charge < -0.3 is 0 Å². The maximum Gasteiger partial charge on any atom is 0.268 e. The third-order valence-electron chi connectivity index (χ3n) is 3.21. The Kier molecular flexibility index (Phi) is 2.17. The minimum Gasteiger partial charge on any atom is -0.268 e. The van der Waals surface area contributed by atoms with Crippen LogP contribution in [0.25, 0.3) is 22.5 Å². The summed E-state index contributed by atoms with van der Waals surface area (Å²) in [7, 11) is 0. The van der Waals surface area contributed by atoms with E-state index in [2.05, 4.69) is 15.2 Å². The Balaban J connectivity index is 2.27. The Hall–Kier alpha value is -3.02. The van der Waals surface area contributed by atoms with Crippen LogP contribution in [0.15, 0.2) is 59.8 Å². The molecule has 0 atom stereocenters. The fourth-order valence-corrected chi connectivity index (χ4v) is 2.32. The maximum absolute atomic E-state index is 12.7. The normalized spacial score (nSPS) is 11.2. The standard InChI is InChI=1S/C14H9N5O/c20-13-10-5-1-2-6-11(10)18-9-16-17-14(18)19(13)12-7-3-4-8-15-12/h1-9H. The summed E-state index contributed by atoms with van der Waals surface area (Å²) in [6.07, 6.45) is 3.24. The molecule has 20 heavy (non-hydrogen) atoms. The molecule has 0 bridgehead atoms. The van der Waals surface area contributed by atoms with Gasteiger partial charge in [0.05, 0.1) is 10.9 Å². The van der Waals surface area contributed by atoms with Crippen LogP contribution in [-0.2, 0) is 0 Å². The van der Waals surface area contributed by atoms with Crippen molar-refractivity contribution in [2.45, 2.75) is 0 Å². The van der Waals surface area contributed by atoms with Gasteiger partial charge >= 0.3 is 0 Å². The van der Waals surface area contributed by atoms with Crippen molar-refractivity contribution in [1.82, 2.24) is 24.1 Å². The van der Waals surface area contributed by atoms with E-state index >= 15 is 0 Å². The smallest absolute Gasteiger partial charge is 0.268 e. The SMILES string of the molecule is O=c1c2ccccc2n2cnnc2n1-c1ccccn1. The van der Waals surface area contributed by atoms with Crippen LogP contribution in [0.4, 0.5) is 0 Å². The molecule has 0 fully saturated rings. The highest BCUT2D eigenvalue weighted by molar-refractivity contribution is 5.80. The van der Waals surface area contributed by atoms with Gasteiger partial charge in [0, 0.05) is 6.20 Å². The summed E-state index contributed by atoms with van der Waals surface area (Å²) < 4.78 is 3.25. The van der Waals surface area contributed by atoms with Gasteiger partial charge in [-0.15, -0.1) is 10.2 Å². The van der Waals surface area contributed by atoms with E-state index in [9.17, 15) is 4.79 Å². The summed E-state index contributed by atoms with van der Waals surface area (Å²) >= 11 is 0. The molecule has 0 N–H and O–H groups in total. The molecule has 0 radical (unpaired) electrons. The summed E-state index contributed by atoms with van der Waals surface area (Å²) in [5, 5.41) is 8.55. The second-order valence-corrected chi connectivity index (χ2v) is 4.35. The fraction of sp³-hybridized carbons (Fsp3) is 0. The lowest BCUT2D eigenvalue weighted by Gasteiger charge is -2.08. The van der Waals surface area contributed by atoms with E-state index < -0.39 is 0 Å². The van der Waals surface area contributed by atoms with Crippen LogP contribution < -0.4 is 5.56 Å². The molecule has 3 heterocycles. The lowest BCUT2D eigenvalue weighted by atomic mass is 10.2. The van der Waals surface area contributed by atoms with Gasteiger partial charge in [-0.2, -0.15) is 0 Å². The van der Waals surface area contributed by atoms with Crippen molar-refractivity contribution < 1.29 is 0 Å². The molecule has 4 rings (SSSR count). The number of nitrogens with zero attached hydrogens (tertiary/aromatic N) is 5. The predicted octanol–water partition coefficient (Wildman–Crippen LogP) is 1.43. The van der Waals surface area contributed by atoms with Gasteiger partial charge in [-0.1, -0.05) is 18.2 Å². The Labute approximate surface area is 113 Å². The molecular weight excluding hydrogens is 254 g/mol. The third-order valence-corrected chi connectivity index (χ3v) is 3.21. The largest absolute Gasteiger partial charge is 0.268 e. The van der Waals surface area contributed by atoms with Crippen LogP contribution in [0.5, 0.6) is 0 Å². The molecule has 0 unspecified atom stereocenters. The monoisotopic (exact) mass is 263 g/mol. The first kappa shape index (κ1) is 10.9. The molecule has 3 aromatic heterocycles. The number of hydrogen-bond donors (Lipinski definition) is 0. The summed E-state index contributed by atoms with van der Waals surface area (Å²) in [6.45, 7) is 0. The zero-order valence-corrected chi connectivity index (χ0v) is 10.3. The van der Waals surface area contributed by atoms with Gasteiger partial charge in [0.25, 0.3) is 5.56 Å². The molecule has 1 aromatic carbocycles. The van der Waals surface area contributed by atoms with Crippen LogP contribution in [0.2, 0.25) is 0 Å². The average Bonchev–Trinajstić information content (AvgIpc) is 2.98. The predicted molar refractivity (Wildman–Crippen MR) is 73.9 cm³/mol. The van der Waals surface area contributed by atoms with Crippen LogP contribution >= 0.6 is 0 Å². The number of para-hydroxylation sites is 1. The Morgan fingerprint density at radius 3 is 2.70 bits per heavy atom. The zero-order chi connectivity index (χ0) is 13.5. The van der Waals surface area contributed by atoms with Crippen molar-refractivity contribution in [2.75, 3.05) is 0 Å². The van der Waals surface area contributed by atoms with E-state index in [0.717, 1.165) is 5.52 Å². The van der Waals surface area contributed by atoms with E-state index in [1.807, 2.05) is 24.3 Å². The highest BCUT2D eigenvalue weighted by atomic mass is 16.1. The molecule has 4 aromatic rings. The topological polar surface area (TPSA) is 65.1 Å². The summed E-state index contributed by atoms with van der Waals surface area (Å²) in [5.41, 5.74) is 0.629. The van der Waals surface area contributed by atoms with Crippen molar-refractivity contribution in [3.05, 3.63) is 65.3 Å². The first-order valence-corrected chi connectivity index (χ1v) is 6.11. The van der Waals surface area contributed by atoms with Gasteiger partial charge in [0.2, 0.25) is 5.78 Å². The van der Waals surface area contributed by atoms with Crippen molar-refractivity contribution in [1.29, 1.82) is 0 Å². The van der Waals surface area contributed by atoms with E-state index in [0.29, 0.717) is 17.0 Å². The van der Waals surface area contributed by atoms with Gasteiger partial charge in [-0.3, -0.25) is 9.20 Å². The average molecular weight is 263 g/mol. The van der Waals surface area contributed by atoms with Crippen LogP contribution in [0, 0.1) is 0 Å². The minimum atomic E-state index is -0.153. The number of aromatic nitrogens is 5. The number of pyridine rings is 1. The number of hydrogen-bond acceptors (Lipinski definition) is 4. The van der Waals surface area contributed by atoms with Crippen molar-refractivity contribution in [3.63, 3.8) is 0 Å². The lowest BCUT2D eigenvalue weighted by Crippen LogP contribution is -2.22. The van der Waals surface area contributed by atoms with E-state index in [1.54, 1.807) is 35.1 Å². The van der Waals surface area contributed by atoms with Gasteiger partial charge in [0.15, 0.2) is 0 Å². The molecule has 0 saturated carbocycles. The highest BCUT2D eigenvalue weighted by Gasteiger charge is 2.13. The number of benzene rings is 1. The minimum absolute atomic E-state index is 0.153. The quantitative estimate of drug-likeness (QED) is 0.521. The van der Waals surface area contributed by atoms with Crippen LogP contribution in [0.1, 0.15) is 0 Å². The van der Waals surface area contributed by atoms with Crippen molar-refractivity contribution in [3.8, 4) is 5.82 Å². The fourth-order valence-electron chi connectivity index (χ4n) is 2.32. The van der Waals surface area contributed by atoms with Crippen LogP contribution in [0.3, 0.4) is 0 Å². The first-order chi connectivity index (χ1) is 9.86. The highest BCUT2D eigenvalue weighted by Crippen LogP contribution is 2.14. The number of fused-ring (bicyclic) bond motifs is 3. The summed E-state index contributed by atoms with van der Waals surface area (Å²) in [6, 6.07) is 12.8. The van der Waals surface area contributed by atoms with E-state index in [-0.39, 0.29) is 5.56 Å². The van der Waals surface area contributed by atoms with Gasteiger partial charge in [-0.05, 0) is 24.3 Å². The Bertz CT molecular complexity index is 971. The molecule has 0 aliphatic heterocycles. The van der Waals surface area contributed by atoms with E-state index in [1.165, 1.54) is 4.57 Å². The molecule has 0 saturated heterocycles. The molecule has 0 aliphatic rings. The molecular formula is C14H9N5O. The second-order valence-electron chi connectivity index (χ2n) is 4.35. The molecule has 0 amide bonds. The number of rotatable bonds is 1. The lowest BCUT2D eigenvalue weighted by molar-refractivity contribution is 0.929. The molecule has 0 aliphatic carbocycles. The molecule has 6 nitrogen and oxygen atoms in total. The zero-order valence-electron chi connectivity index (χ0n) is 10.3.